The number of hydrogen-bond donors (Lipinski definition) is 2. The Kier molecular flexibility index (Phi) is 3.10. The fourth-order valence-electron chi connectivity index (χ4n) is 1.62. The first kappa shape index (κ1) is 10.5. The minimum atomic E-state index is 0.827. The third kappa shape index (κ3) is 2.34. The molecule has 2 N–H and O–H groups in total. The van der Waals surface area contributed by atoms with Gasteiger partial charge >= 0.3 is 0 Å². The number of nitrogens with zero attached hydrogens (tertiary/aromatic N) is 2. The van der Waals surface area contributed by atoms with Crippen LogP contribution in [-0.2, 0) is 6.54 Å². The second-order valence-electron chi connectivity index (χ2n) is 3.73. The molecule has 4 heteroatoms. The van der Waals surface area contributed by atoms with E-state index in [9.17, 15) is 0 Å². The van der Waals surface area contributed by atoms with Crippen molar-refractivity contribution in [3.63, 3.8) is 0 Å². The molecule has 0 aliphatic carbocycles. The van der Waals surface area contributed by atoms with Crippen LogP contribution in [-0.4, -0.2) is 24.1 Å². The maximum absolute atomic E-state index is 4.01. The van der Waals surface area contributed by atoms with E-state index in [1.54, 1.807) is 6.33 Å². The smallest absolute Gasteiger partial charge is 0.0922 e. The molecule has 0 atom stereocenters. The lowest BCUT2D eigenvalue weighted by molar-refractivity contribution is 0.894. The standard InChI is InChI=1S/C12H16N4/c1-13-10-4-3-5-12(6-10)16(2)8-11-7-14-9-15-11/h3-7,9,13H,8H2,1-2H3,(H,14,15). The molecular weight excluding hydrogens is 200 g/mol. The summed E-state index contributed by atoms with van der Waals surface area (Å²) in [6, 6.07) is 8.31. The highest BCUT2D eigenvalue weighted by Gasteiger charge is 2.03. The Balaban J connectivity index is 2.11. The van der Waals surface area contributed by atoms with Crippen molar-refractivity contribution in [2.24, 2.45) is 0 Å². The molecule has 0 bridgehead atoms. The molecule has 0 spiro atoms. The maximum Gasteiger partial charge on any atom is 0.0922 e. The average Bonchev–Trinajstić information content (AvgIpc) is 2.82. The molecule has 1 aromatic heterocycles. The summed E-state index contributed by atoms with van der Waals surface area (Å²) in [6.45, 7) is 0.827. The Labute approximate surface area is 95.3 Å². The summed E-state index contributed by atoms with van der Waals surface area (Å²) in [5.74, 6) is 0. The summed E-state index contributed by atoms with van der Waals surface area (Å²) in [6.07, 6.45) is 3.55. The first-order chi connectivity index (χ1) is 7.79. The second-order valence-corrected chi connectivity index (χ2v) is 3.73. The highest BCUT2D eigenvalue weighted by atomic mass is 15.1. The van der Waals surface area contributed by atoms with Crippen molar-refractivity contribution >= 4 is 11.4 Å². The van der Waals surface area contributed by atoms with Gasteiger partial charge < -0.3 is 15.2 Å². The zero-order valence-corrected chi connectivity index (χ0v) is 9.57. The molecule has 1 heterocycles. The SMILES string of the molecule is CNc1cccc(N(C)Cc2cnc[nH]2)c1. The van der Waals surface area contributed by atoms with Crippen molar-refractivity contribution in [1.82, 2.24) is 9.97 Å². The van der Waals surface area contributed by atoms with Crippen LogP contribution in [0.4, 0.5) is 11.4 Å². The lowest BCUT2D eigenvalue weighted by Crippen LogP contribution is -2.16. The first-order valence-electron chi connectivity index (χ1n) is 5.26. The average molecular weight is 216 g/mol. The van der Waals surface area contributed by atoms with E-state index < -0.39 is 0 Å². The molecule has 2 rings (SSSR count). The monoisotopic (exact) mass is 216 g/mol. The van der Waals surface area contributed by atoms with Crippen molar-refractivity contribution in [2.45, 2.75) is 6.54 Å². The highest BCUT2D eigenvalue weighted by Crippen LogP contribution is 2.19. The molecule has 1 aromatic carbocycles. The third-order valence-electron chi connectivity index (χ3n) is 2.54. The Morgan fingerprint density at radius 2 is 2.31 bits per heavy atom. The van der Waals surface area contributed by atoms with Gasteiger partial charge in [-0.25, -0.2) is 4.98 Å². The number of nitrogens with one attached hydrogen (secondary N) is 2. The Hall–Kier alpha value is -1.97. The number of aromatic nitrogens is 2. The molecule has 84 valence electrons. The van der Waals surface area contributed by atoms with E-state index in [4.69, 9.17) is 0 Å². The topological polar surface area (TPSA) is 44.0 Å². The molecule has 0 aliphatic rings. The lowest BCUT2D eigenvalue weighted by atomic mass is 10.2. The van der Waals surface area contributed by atoms with E-state index in [1.165, 1.54) is 5.69 Å². The molecule has 0 fully saturated rings. The molecule has 2 aromatic rings. The fraction of sp³-hybridized carbons (Fsp3) is 0.250. The van der Waals surface area contributed by atoms with Crippen LogP contribution in [0.3, 0.4) is 0 Å². The molecule has 0 saturated carbocycles. The van der Waals surface area contributed by atoms with Crippen LogP contribution in [0.2, 0.25) is 0 Å². The first-order valence-corrected chi connectivity index (χ1v) is 5.26. The van der Waals surface area contributed by atoms with Crippen LogP contribution in [0, 0.1) is 0 Å². The van der Waals surface area contributed by atoms with Gasteiger partial charge in [-0.1, -0.05) is 6.07 Å². The lowest BCUT2D eigenvalue weighted by Gasteiger charge is -2.19. The Morgan fingerprint density at radius 3 is 3.00 bits per heavy atom. The van der Waals surface area contributed by atoms with Gasteiger partial charge in [-0.15, -0.1) is 0 Å². The number of aromatic amines is 1. The van der Waals surface area contributed by atoms with Gasteiger partial charge in [0.1, 0.15) is 0 Å². The number of rotatable bonds is 4. The van der Waals surface area contributed by atoms with Crippen molar-refractivity contribution in [3.8, 4) is 0 Å². The largest absolute Gasteiger partial charge is 0.388 e. The number of anilines is 2. The van der Waals surface area contributed by atoms with Gasteiger partial charge in [0.2, 0.25) is 0 Å². The fourth-order valence-corrected chi connectivity index (χ4v) is 1.62. The Morgan fingerprint density at radius 1 is 1.44 bits per heavy atom. The van der Waals surface area contributed by atoms with E-state index in [-0.39, 0.29) is 0 Å². The zero-order chi connectivity index (χ0) is 11.4. The Bertz CT molecular complexity index is 436. The van der Waals surface area contributed by atoms with Gasteiger partial charge in [0.05, 0.1) is 18.6 Å². The van der Waals surface area contributed by atoms with E-state index >= 15 is 0 Å². The van der Waals surface area contributed by atoms with Gasteiger partial charge in [0.25, 0.3) is 0 Å². The summed E-state index contributed by atoms with van der Waals surface area (Å²) >= 11 is 0. The quantitative estimate of drug-likeness (QED) is 0.822. The van der Waals surface area contributed by atoms with Crippen LogP contribution in [0.15, 0.2) is 36.8 Å². The summed E-state index contributed by atoms with van der Waals surface area (Å²) in [4.78, 5) is 9.28. The van der Waals surface area contributed by atoms with Crippen LogP contribution in [0.5, 0.6) is 0 Å². The minimum Gasteiger partial charge on any atom is -0.388 e. The summed E-state index contributed by atoms with van der Waals surface area (Å²) in [7, 11) is 3.99. The number of hydrogen-bond acceptors (Lipinski definition) is 3. The normalized spacial score (nSPS) is 10.1. The van der Waals surface area contributed by atoms with E-state index in [2.05, 4.69) is 39.4 Å². The molecular formula is C12H16N4. The predicted octanol–water partition coefficient (Wildman–Crippen LogP) is 2.09. The molecule has 0 saturated heterocycles. The molecule has 0 radical (unpaired) electrons. The van der Waals surface area contributed by atoms with Gasteiger partial charge in [0.15, 0.2) is 0 Å². The van der Waals surface area contributed by atoms with Crippen molar-refractivity contribution in [3.05, 3.63) is 42.5 Å². The van der Waals surface area contributed by atoms with Gasteiger partial charge in [0, 0.05) is 31.7 Å². The molecule has 16 heavy (non-hydrogen) atoms. The molecule has 4 nitrogen and oxygen atoms in total. The summed E-state index contributed by atoms with van der Waals surface area (Å²) in [5.41, 5.74) is 3.41. The maximum atomic E-state index is 4.01. The van der Waals surface area contributed by atoms with Crippen LogP contribution < -0.4 is 10.2 Å². The van der Waals surface area contributed by atoms with E-state index in [0.717, 1.165) is 17.9 Å². The van der Waals surface area contributed by atoms with E-state index in [0.29, 0.717) is 0 Å². The predicted molar refractivity (Wildman–Crippen MR) is 66.7 cm³/mol. The summed E-state index contributed by atoms with van der Waals surface area (Å²) < 4.78 is 0. The minimum absolute atomic E-state index is 0.827. The third-order valence-corrected chi connectivity index (χ3v) is 2.54. The number of benzene rings is 1. The van der Waals surface area contributed by atoms with Gasteiger partial charge in [-0.3, -0.25) is 0 Å². The van der Waals surface area contributed by atoms with Crippen molar-refractivity contribution in [2.75, 3.05) is 24.3 Å². The van der Waals surface area contributed by atoms with Gasteiger partial charge in [-0.05, 0) is 18.2 Å². The van der Waals surface area contributed by atoms with Gasteiger partial charge in [-0.2, -0.15) is 0 Å². The van der Waals surface area contributed by atoms with Crippen LogP contribution in [0.25, 0.3) is 0 Å². The summed E-state index contributed by atoms with van der Waals surface area (Å²) in [5, 5.41) is 3.13. The molecule has 0 unspecified atom stereocenters. The second kappa shape index (κ2) is 4.70. The van der Waals surface area contributed by atoms with Crippen LogP contribution >= 0.6 is 0 Å². The van der Waals surface area contributed by atoms with Crippen molar-refractivity contribution < 1.29 is 0 Å². The molecule has 0 amide bonds. The zero-order valence-electron chi connectivity index (χ0n) is 9.57. The number of imidazole rings is 1. The van der Waals surface area contributed by atoms with Crippen LogP contribution in [0.1, 0.15) is 5.69 Å². The highest BCUT2D eigenvalue weighted by molar-refractivity contribution is 5.57. The van der Waals surface area contributed by atoms with Crippen molar-refractivity contribution in [1.29, 1.82) is 0 Å². The molecule has 0 aliphatic heterocycles. The number of H-pyrrole nitrogens is 1. The van der Waals surface area contributed by atoms with E-state index in [1.807, 2.05) is 25.4 Å².